The van der Waals surface area contributed by atoms with Gasteiger partial charge in [0, 0.05) is 5.70 Å². The largest absolute Gasteiger partial charge is 0.401 e. The molecule has 0 aliphatic rings. The smallest absolute Gasteiger partial charge is 0.144 e. The van der Waals surface area contributed by atoms with Crippen molar-refractivity contribution in [3.63, 3.8) is 0 Å². The Morgan fingerprint density at radius 3 is 2.57 bits per heavy atom. The number of allylic oxidation sites excluding steroid dienone is 2. The Labute approximate surface area is 46.9 Å². The van der Waals surface area contributed by atoms with E-state index in [0.29, 0.717) is 12.0 Å². The van der Waals surface area contributed by atoms with Crippen LogP contribution in [0.1, 0.15) is 0 Å². The van der Waals surface area contributed by atoms with Crippen LogP contribution < -0.4 is 5.73 Å². The number of halogens is 1. The van der Waals surface area contributed by atoms with E-state index in [1.54, 1.807) is 0 Å². The monoisotopic (exact) mass is 119 g/mol. The Morgan fingerprint density at radius 2 is 2.43 bits per heavy atom. The third kappa shape index (κ3) is 3.33. The molecule has 0 rings (SSSR count). The maximum absolute atomic E-state index is 9.56. The van der Waals surface area contributed by atoms with E-state index in [1.807, 2.05) is 0 Å². The van der Waals surface area contributed by atoms with Crippen LogP contribution >= 0.6 is 11.6 Å². The summed E-state index contributed by atoms with van der Waals surface area (Å²) in [4.78, 5) is 9.56. The topological polar surface area (TPSA) is 43.1 Å². The van der Waals surface area contributed by atoms with Gasteiger partial charge in [-0.25, -0.2) is 0 Å². The van der Waals surface area contributed by atoms with Gasteiger partial charge in [0.1, 0.15) is 6.29 Å². The first-order chi connectivity index (χ1) is 3.31. The van der Waals surface area contributed by atoms with Crippen molar-refractivity contribution < 1.29 is 4.79 Å². The number of hydrogen-bond acceptors (Lipinski definition) is 2. The van der Waals surface area contributed by atoms with Gasteiger partial charge >= 0.3 is 0 Å². The fraction of sp³-hybridized carbons (Fsp3) is 0.250. The van der Waals surface area contributed by atoms with Crippen LogP contribution in [0.15, 0.2) is 11.8 Å². The predicted octanol–water partition coefficient (Wildman–Crippen LogP) is 0.267. The molecule has 0 amide bonds. The minimum Gasteiger partial charge on any atom is -0.401 e. The third-order valence-corrected chi connectivity index (χ3v) is 0.745. The van der Waals surface area contributed by atoms with Crippen molar-refractivity contribution in [1.82, 2.24) is 0 Å². The second-order valence-corrected chi connectivity index (χ2v) is 1.28. The van der Waals surface area contributed by atoms with E-state index in [0.717, 1.165) is 0 Å². The van der Waals surface area contributed by atoms with E-state index in [2.05, 4.69) is 0 Å². The molecule has 0 heterocycles. The van der Waals surface area contributed by atoms with E-state index < -0.39 is 0 Å². The standard InChI is InChI=1S/C4H6ClNO/c5-3-4(6)1-2-7/h1-2H,3,6H2/b4-1-. The lowest BCUT2D eigenvalue weighted by Crippen LogP contribution is -1.97. The van der Waals surface area contributed by atoms with Crippen LogP contribution in [-0.4, -0.2) is 12.2 Å². The molecule has 7 heavy (non-hydrogen) atoms. The quantitative estimate of drug-likeness (QED) is 0.322. The highest BCUT2D eigenvalue weighted by Crippen LogP contribution is 1.83. The Morgan fingerprint density at radius 1 is 1.86 bits per heavy atom. The average Bonchev–Trinajstić information content (AvgIpc) is 1.68. The molecule has 0 saturated carbocycles. The lowest BCUT2D eigenvalue weighted by atomic mass is 10.5. The van der Waals surface area contributed by atoms with Gasteiger partial charge in [-0.2, -0.15) is 0 Å². The molecule has 40 valence electrons. The fourth-order valence-corrected chi connectivity index (χ4v) is 0.221. The minimum absolute atomic E-state index is 0.221. The van der Waals surface area contributed by atoms with Crippen LogP contribution in [0.3, 0.4) is 0 Å². The van der Waals surface area contributed by atoms with E-state index in [-0.39, 0.29) is 5.88 Å². The van der Waals surface area contributed by atoms with Crippen LogP contribution in [0.5, 0.6) is 0 Å². The first kappa shape index (κ1) is 6.50. The summed E-state index contributed by atoms with van der Waals surface area (Å²) in [5, 5.41) is 0. The van der Waals surface area contributed by atoms with Gasteiger partial charge in [-0.3, -0.25) is 4.79 Å². The predicted molar refractivity (Wildman–Crippen MR) is 29.1 cm³/mol. The highest BCUT2D eigenvalue weighted by atomic mass is 35.5. The van der Waals surface area contributed by atoms with Gasteiger partial charge in [0.05, 0.1) is 5.88 Å². The number of aldehydes is 1. The molecule has 3 heteroatoms. The van der Waals surface area contributed by atoms with Crippen molar-refractivity contribution in [2.75, 3.05) is 5.88 Å². The molecule has 0 spiro atoms. The number of alkyl halides is 1. The zero-order valence-electron chi connectivity index (χ0n) is 3.73. The molecule has 2 N–H and O–H groups in total. The van der Waals surface area contributed by atoms with Gasteiger partial charge < -0.3 is 5.73 Å². The van der Waals surface area contributed by atoms with Crippen molar-refractivity contribution in [2.45, 2.75) is 0 Å². The maximum Gasteiger partial charge on any atom is 0.144 e. The van der Waals surface area contributed by atoms with E-state index in [9.17, 15) is 4.79 Å². The summed E-state index contributed by atoms with van der Waals surface area (Å²) in [6, 6.07) is 0. The zero-order valence-corrected chi connectivity index (χ0v) is 4.48. The summed E-state index contributed by atoms with van der Waals surface area (Å²) in [6.45, 7) is 0. The Hall–Kier alpha value is -0.500. The first-order valence-corrected chi connectivity index (χ1v) is 2.30. The van der Waals surface area contributed by atoms with Gasteiger partial charge in [-0.15, -0.1) is 11.6 Å². The maximum atomic E-state index is 9.56. The highest BCUT2D eigenvalue weighted by molar-refractivity contribution is 6.19. The number of hydrogen-bond donors (Lipinski definition) is 1. The van der Waals surface area contributed by atoms with E-state index in [4.69, 9.17) is 17.3 Å². The molecular formula is C4H6ClNO. The van der Waals surface area contributed by atoms with Crippen molar-refractivity contribution in [3.8, 4) is 0 Å². The van der Waals surface area contributed by atoms with Gasteiger partial charge in [0.15, 0.2) is 0 Å². The molecule has 0 aromatic carbocycles. The number of nitrogens with two attached hydrogens (primary N) is 1. The molecule has 2 nitrogen and oxygen atoms in total. The molecule has 0 saturated heterocycles. The molecule has 0 aromatic rings. The van der Waals surface area contributed by atoms with E-state index in [1.165, 1.54) is 6.08 Å². The zero-order chi connectivity index (χ0) is 5.70. The second-order valence-electron chi connectivity index (χ2n) is 1.01. The van der Waals surface area contributed by atoms with Gasteiger partial charge in [-0.1, -0.05) is 0 Å². The Balaban J connectivity index is 3.49. The van der Waals surface area contributed by atoms with Crippen LogP contribution in [0, 0.1) is 0 Å². The van der Waals surface area contributed by atoms with Crippen molar-refractivity contribution in [1.29, 1.82) is 0 Å². The third-order valence-electron chi connectivity index (χ3n) is 0.436. The summed E-state index contributed by atoms with van der Waals surface area (Å²) in [7, 11) is 0. The summed E-state index contributed by atoms with van der Waals surface area (Å²) in [6.07, 6.45) is 1.84. The lowest BCUT2D eigenvalue weighted by molar-refractivity contribution is -0.104. The van der Waals surface area contributed by atoms with Crippen LogP contribution in [0.4, 0.5) is 0 Å². The normalized spacial score (nSPS) is 11.3. The molecule has 0 aromatic heterocycles. The summed E-state index contributed by atoms with van der Waals surface area (Å²) < 4.78 is 0. The fourth-order valence-electron chi connectivity index (χ4n) is 0.132. The van der Waals surface area contributed by atoms with Crippen molar-refractivity contribution >= 4 is 17.9 Å². The second kappa shape index (κ2) is 3.68. The van der Waals surface area contributed by atoms with Gasteiger partial charge in [-0.05, 0) is 6.08 Å². The highest BCUT2D eigenvalue weighted by Gasteiger charge is 1.79. The summed E-state index contributed by atoms with van der Waals surface area (Å²) >= 11 is 5.18. The molecule has 0 bridgehead atoms. The number of carbonyl (C=O) groups excluding carboxylic acids is 1. The molecule has 0 atom stereocenters. The van der Waals surface area contributed by atoms with Crippen LogP contribution in [0.2, 0.25) is 0 Å². The Kier molecular flexibility index (Phi) is 3.42. The molecular weight excluding hydrogens is 114 g/mol. The van der Waals surface area contributed by atoms with Crippen LogP contribution in [-0.2, 0) is 4.79 Å². The van der Waals surface area contributed by atoms with Crippen molar-refractivity contribution in [2.24, 2.45) is 5.73 Å². The molecule has 0 aliphatic carbocycles. The average molecular weight is 120 g/mol. The molecule has 0 unspecified atom stereocenters. The summed E-state index contributed by atoms with van der Waals surface area (Å²) in [5.41, 5.74) is 5.48. The van der Waals surface area contributed by atoms with Gasteiger partial charge in [0.25, 0.3) is 0 Å². The van der Waals surface area contributed by atoms with Crippen LogP contribution in [0.25, 0.3) is 0 Å². The Bertz CT molecular complexity index is 89.7. The first-order valence-electron chi connectivity index (χ1n) is 1.77. The minimum atomic E-state index is 0.221. The van der Waals surface area contributed by atoms with E-state index >= 15 is 0 Å². The number of carbonyl (C=O) groups is 1. The van der Waals surface area contributed by atoms with Crippen molar-refractivity contribution in [3.05, 3.63) is 11.8 Å². The summed E-state index contributed by atoms with van der Waals surface area (Å²) in [5.74, 6) is 0.221. The SMILES string of the molecule is N/C(=C\C=O)CCl. The molecule has 0 aliphatic heterocycles. The van der Waals surface area contributed by atoms with Gasteiger partial charge in [0.2, 0.25) is 0 Å². The molecule has 0 radical (unpaired) electrons. The number of rotatable bonds is 2. The lowest BCUT2D eigenvalue weighted by Gasteiger charge is -1.84. The molecule has 0 fully saturated rings.